The summed E-state index contributed by atoms with van der Waals surface area (Å²) in [6, 6.07) is 15.0. The first-order chi connectivity index (χ1) is 11.6. The topological polar surface area (TPSA) is 78.1 Å². The van der Waals surface area contributed by atoms with E-state index in [1.807, 2.05) is 55.5 Å². The number of ether oxygens (including phenoxy) is 3. The Labute approximate surface area is 165 Å². The van der Waals surface area contributed by atoms with Crippen LogP contribution in [0.4, 0.5) is 5.69 Å². The summed E-state index contributed by atoms with van der Waals surface area (Å²) in [6.07, 6.45) is -0.146. The number of nitrogens with zero attached hydrogens (tertiary/aromatic N) is 1. The SMILES string of the molecule is COc1cccc(NC(N)=NCC(C)Oc2ccccc2OC)c1.I. The molecule has 0 fully saturated rings. The lowest BCUT2D eigenvalue weighted by Crippen LogP contribution is -2.25. The average molecular weight is 457 g/mol. The number of benzene rings is 2. The molecule has 6 nitrogen and oxygen atoms in total. The summed E-state index contributed by atoms with van der Waals surface area (Å²) in [6.45, 7) is 2.34. The minimum atomic E-state index is -0.146. The van der Waals surface area contributed by atoms with Gasteiger partial charge in [-0.3, -0.25) is 0 Å². The van der Waals surface area contributed by atoms with Gasteiger partial charge in [-0.1, -0.05) is 18.2 Å². The molecule has 0 aliphatic rings. The highest BCUT2D eigenvalue weighted by molar-refractivity contribution is 14.0. The number of methoxy groups -OCH3 is 2. The Hall–Kier alpha value is -2.16. The predicted molar refractivity (Wildman–Crippen MR) is 112 cm³/mol. The van der Waals surface area contributed by atoms with Crippen molar-refractivity contribution in [2.45, 2.75) is 13.0 Å². The Bertz CT molecular complexity index is 695. The molecule has 2 aromatic carbocycles. The van der Waals surface area contributed by atoms with Crippen LogP contribution in [0.3, 0.4) is 0 Å². The van der Waals surface area contributed by atoms with Gasteiger partial charge in [-0.25, -0.2) is 4.99 Å². The van der Waals surface area contributed by atoms with E-state index < -0.39 is 0 Å². The van der Waals surface area contributed by atoms with Gasteiger partial charge in [0.15, 0.2) is 17.5 Å². The molecule has 1 atom stereocenters. The van der Waals surface area contributed by atoms with E-state index in [4.69, 9.17) is 19.9 Å². The van der Waals surface area contributed by atoms with Crippen molar-refractivity contribution >= 4 is 35.6 Å². The third-order valence-electron chi connectivity index (χ3n) is 3.26. The van der Waals surface area contributed by atoms with Crippen molar-refractivity contribution < 1.29 is 14.2 Å². The third-order valence-corrected chi connectivity index (χ3v) is 3.26. The summed E-state index contributed by atoms with van der Waals surface area (Å²) in [5.74, 6) is 2.44. The Balaban J connectivity index is 0.00000312. The first kappa shape index (κ1) is 20.9. The van der Waals surface area contributed by atoms with E-state index in [0.717, 1.165) is 11.4 Å². The number of aliphatic imine (C=N–C) groups is 1. The standard InChI is InChI=1S/C18H23N3O3.HI/c1-13(24-17-10-5-4-9-16(17)23-3)12-20-18(19)21-14-7-6-8-15(11-14)22-2;/h4-11,13H,12H2,1-3H3,(H3,19,20,21);1H. The maximum absolute atomic E-state index is 5.91. The van der Waals surface area contributed by atoms with Crippen LogP contribution < -0.4 is 25.3 Å². The average Bonchev–Trinajstić information content (AvgIpc) is 2.60. The second-order valence-electron chi connectivity index (χ2n) is 5.16. The molecule has 2 rings (SSSR count). The van der Waals surface area contributed by atoms with Crippen molar-refractivity contribution in [1.29, 1.82) is 0 Å². The molecule has 0 heterocycles. The lowest BCUT2D eigenvalue weighted by atomic mass is 10.3. The molecular weight excluding hydrogens is 433 g/mol. The van der Waals surface area contributed by atoms with Gasteiger partial charge in [-0.15, -0.1) is 24.0 Å². The number of hydrogen-bond donors (Lipinski definition) is 2. The molecule has 136 valence electrons. The number of guanidine groups is 1. The van der Waals surface area contributed by atoms with Crippen molar-refractivity contribution in [3.8, 4) is 17.2 Å². The zero-order valence-electron chi connectivity index (χ0n) is 14.6. The van der Waals surface area contributed by atoms with Crippen LogP contribution in [0.15, 0.2) is 53.5 Å². The Kier molecular flexibility index (Phi) is 8.90. The minimum absolute atomic E-state index is 0. The Morgan fingerprint density at radius 2 is 1.80 bits per heavy atom. The molecule has 0 spiro atoms. The molecule has 0 saturated heterocycles. The molecule has 0 saturated carbocycles. The van der Waals surface area contributed by atoms with Gasteiger partial charge in [0.25, 0.3) is 0 Å². The van der Waals surface area contributed by atoms with Crippen molar-refractivity contribution in [3.63, 3.8) is 0 Å². The van der Waals surface area contributed by atoms with Crippen LogP contribution >= 0.6 is 24.0 Å². The van der Waals surface area contributed by atoms with Gasteiger partial charge in [0.05, 0.1) is 20.8 Å². The van der Waals surface area contributed by atoms with E-state index in [9.17, 15) is 0 Å². The number of anilines is 1. The number of rotatable bonds is 7. The van der Waals surface area contributed by atoms with E-state index >= 15 is 0 Å². The molecule has 25 heavy (non-hydrogen) atoms. The first-order valence-electron chi connectivity index (χ1n) is 7.63. The lowest BCUT2D eigenvalue weighted by molar-refractivity contribution is 0.219. The summed E-state index contributed by atoms with van der Waals surface area (Å²) >= 11 is 0. The number of para-hydroxylation sites is 2. The van der Waals surface area contributed by atoms with Gasteiger partial charge >= 0.3 is 0 Å². The fraction of sp³-hybridized carbons (Fsp3) is 0.278. The fourth-order valence-electron chi connectivity index (χ4n) is 2.09. The molecule has 2 aromatic rings. The van der Waals surface area contributed by atoms with Crippen LogP contribution in [-0.4, -0.2) is 32.8 Å². The van der Waals surface area contributed by atoms with E-state index in [2.05, 4.69) is 10.3 Å². The largest absolute Gasteiger partial charge is 0.497 e. The molecular formula is C18H24IN3O3. The van der Waals surface area contributed by atoms with Gasteiger partial charge in [-0.2, -0.15) is 0 Å². The normalized spacial score (nSPS) is 11.9. The second kappa shape index (κ2) is 10.7. The van der Waals surface area contributed by atoms with Crippen LogP contribution in [0.1, 0.15) is 6.92 Å². The Morgan fingerprint density at radius 1 is 1.08 bits per heavy atom. The minimum Gasteiger partial charge on any atom is -0.497 e. The quantitative estimate of drug-likeness (QED) is 0.378. The number of nitrogens with two attached hydrogens (primary N) is 1. The van der Waals surface area contributed by atoms with E-state index in [-0.39, 0.29) is 30.1 Å². The molecule has 0 bridgehead atoms. The van der Waals surface area contributed by atoms with Crippen molar-refractivity contribution in [3.05, 3.63) is 48.5 Å². The molecule has 0 aromatic heterocycles. The summed E-state index contributed by atoms with van der Waals surface area (Å²) in [7, 11) is 3.23. The molecule has 7 heteroatoms. The summed E-state index contributed by atoms with van der Waals surface area (Å²) in [5.41, 5.74) is 6.73. The first-order valence-corrected chi connectivity index (χ1v) is 7.63. The maximum atomic E-state index is 5.91. The third kappa shape index (κ3) is 6.69. The highest BCUT2D eigenvalue weighted by Gasteiger charge is 2.08. The van der Waals surface area contributed by atoms with E-state index in [1.165, 1.54) is 0 Å². The molecule has 1 unspecified atom stereocenters. The monoisotopic (exact) mass is 457 g/mol. The van der Waals surface area contributed by atoms with Crippen molar-refractivity contribution in [2.24, 2.45) is 10.7 Å². The van der Waals surface area contributed by atoms with Gasteiger partial charge in [0.2, 0.25) is 0 Å². The summed E-state index contributed by atoms with van der Waals surface area (Å²) in [4.78, 5) is 4.30. The smallest absolute Gasteiger partial charge is 0.193 e. The van der Waals surface area contributed by atoms with Gasteiger partial charge in [0, 0.05) is 11.8 Å². The van der Waals surface area contributed by atoms with Crippen LogP contribution in [0.2, 0.25) is 0 Å². The van der Waals surface area contributed by atoms with Crippen molar-refractivity contribution in [2.75, 3.05) is 26.1 Å². The highest BCUT2D eigenvalue weighted by atomic mass is 127. The number of hydrogen-bond acceptors (Lipinski definition) is 4. The fourth-order valence-corrected chi connectivity index (χ4v) is 2.09. The predicted octanol–water partition coefficient (Wildman–Crippen LogP) is 3.52. The number of nitrogens with one attached hydrogen (secondary N) is 1. The van der Waals surface area contributed by atoms with Crippen LogP contribution in [0, 0.1) is 0 Å². The summed E-state index contributed by atoms with van der Waals surface area (Å²) in [5, 5.41) is 3.03. The van der Waals surface area contributed by atoms with Gasteiger partial charge in [-0.05, 0) is 31.2 Å². The lowest BCUT2D eigenvalue weighted by Gasteiger charge is -2.15. The summed E-state index contributed by atoms with van der Waals surface area (Å²) < 4.78 is 16.3. The van der Waals surface area contributed by atoms with Crippen molar-refractivity contribution in [1.82, 2.24) is 0 Å². The van der Waals surface area contributed by atoms with Gasteiger partial charge in [0.1, 0.15) is 11.9 Å². The van der Waals surface area contributed by atoms with E-state index in [1.54, 1.807) is 14.2 Å². The van der Waals surface area contributed by atoms with Gasteiger partial charge < -0.3 is 25.3 Å². The van der Waals surface area contributed by atoms with E-state index in [0.29, 0.717) is 24.0 Å². The zero-order valence-corrected chi connectivity index (χ0v) is 16.9. The maximum Gasteiger partial charge on any atom is 0.193 e. The molecule has 0 aliphatic heterocycles. The number of halogens is 1. The molecule has 0 amide bonds. The highest BCUT2D eigenvalue weighted by Crippen LogP contribution is 2.26. The molecule has 3 N–H and O–H groups in total. The second-order valence-corrected chi connectivity index (χ2v) is 5.16. The molecule has 0 radical (unpaired) electrons. The van der Waals surface area contributed by atoms with Crippen LogP contribution in [-0.2, 0) is 0 Å². The molecule has 0 aliphatic carbocycles. The zero-order chi connectivity index (χ0) is 17.4. The van der Waals surface area contributed by atoms with Crippen LogP contribution in [0.5, 0.6) is 17.2 Å². The van der Waals surface area contributed by atoms with Crippen LogP contribution in [0.25, 0.3) is 0 Å². The Morgan fingerprint density at radius 3 is 2.48 bits per heavy atom.